The molecule has 0 saturated heterocycles. The van der Waals surface area contributed by atoms with Gasteiger partial charge in [0.15, 0.2) is 6.10 Å². The lowest BCUT2D eigenvalue weighted by atomic mass is 10.0. The normalized spacial score (nSPS) is 14.7. The predicted molar refractivity (Wildman–Crippen MR) is 220 cm³/mol. The van der Waals surface area contributed by atoms with Gasteiger partial charge in [-0.15, -0.1) is 0 Å². The van der Waals surface area contributed by atoms with Gasteiger partial charge in [-0.2, -0.15) is 0 Å². The number of allylic oxidation sites excluding steroid dienone is 8. The molecule has 0 bridgehead atoms. The lowest BCUT2D eigenvalue weighted by Crippen LogP contribution is -2.28. The summed E-state index contributed by atoms with van der Waals surface area (Å²) < 4.78 is 33.0. The van der Waals surface area contributed by atoms with Crippen LogP contribution >= 0.6 is 7.82 Å². The van der Waals surface area contributed by atoms with E-state index in [0.29, 0.717) is 12.8 Å². The van der Waals surface area contributed by atoms with Crippen LogP contribution in [0.5, 0.6) is 0 Å². The van der Waals surface area contributed by atoms with Gasteiger partial charge in [-0.05, 0) is 57.4 Å². The molecule has 0 spiro atoms. The number of rotatable bonds is 39. The highest BCUT2D eigenvalue weighted by molar-refractivity contribution is 7.47. The fourth-order valence-corrected chi connectivity index (χ4v) is 6.24. The molecule has 53 heavy (non-hydrogen) atoms. The summed E-state index contributed by atoms with van der Waals surface area (Å²) in [7, 11) is -4.35. The van der Waals surface area contributed by atoms with E-state index in [1.54, 1.807) is 12.3 Å². The van der Waals surface area contributed by atoms with Gasteiger partial charge in [0.1, 0.15) is 6.61 Å². The Bertz CT molecular complexity index is 1010. The Morgan fingerprint density at radius 3 is 1.87 bits per heavy atom. The van der Waals surface area contributed by atoms with Crippen molar-refractivity contribution in [2.24, 2.45) is 5.73 Å². The molecule has 0 radical (unpaired) electrons. The van der Waals surface area contributed by atoms with Crippen LogP contribution in [-0.4, -0.2) is 54.5 Å². The molecule has 0 aliphatic heterocycles. The zero-order valence-corrected chi connectivity index (χ0v) is 34.5. The lowest BCUT2D eigenvalue weighted by Gasteiger charge is -2.19. The predicted octanol–water partition coefficient (Wildman–Crippen LogP) is 11.5. The first-order valence-electron chi connectivity index (χ1n) is 20.9. The first-order chi connectivity index (χ1) is 25.8. The number of unbranched alkanes of at least 4 members (excludes halogenated alkanes) is 17. The Morgan fingerprint density at radius 1 is 0.679 bits per heavy atom. The van der Waals surface area contributed by atoms with Crippen LogP contribution < -0.4 is 5.73 Å². The van der Waals surface area contributed by atoms with E-state index in [0.717, 1.165) is 32.1 Å². The monoisotopic (exact) mass is 768 g/mol. The summed E-state index contributed by atoms with van der Waals surface area (Å²) in [6.45, 7) is 3.98. The Morgan fingerprint density at radius 2 is 1.23 bits per heavy atom. The van der Waals surface area contributed by atoms with E-state index < -0.39 is 26.0 Å². The number of phosphoric acid groups is 1. The van der Waals surface area contributed by atoms with Crippen LogP contribution in [0.15, 0.2) is 60.9 Å². The first-order valence-corrected chi connectivity index (χ1v) is 22.4. The molecule has 0 rings (SSSR count). The van der Waals surface area contributed by atoms with Crippen molar-refractivity contribution in [3.8, 4) is 0 Å². The van der Waals surface area contributed by atoms with E-state index in [1.165, 1.54) is 103 Å². The summed E-state index contributed by atoms with van der Waals surface area (Å²) in [5.41, 5.74) is 5.34. The van der Waals surface area contributed by atoms with Gasteiger partial charge in [-0.3, -0.25) is 13.8 Å². The maximum absolute atomic E-state index is 12.6. The number of carbonyl (C=O) groups excluding carboxylic acids is 1. The number of nitrogens with two attached hydrogens (primary N) is 1. The topological polar surface area (TPSA) is 138 Å². The minimum atomic E-state index is -4.35. The van der Waals surface area contributed by atoms with Crippen molar-refractivity contribution in [3.05, 3.63) is 60.9 Å². The Balaban J connectivity index is 4.32. The molecule has 9 nitrogen and oxygen atoms in total. The fourth-order valence-electron chi connectivity index (χ4n) is 5.48. The van der Waals surface area contributed by atoms with E-state index in [-0.39, 0.29) is 32.8 Å². The zero-order valence-electron chi connectivity index (χ0n) is 33.6. The molecule has 0 aromatic carbocycles. The van der Waals surface area contributed by atoms with Crippen LogP contribution in [-0.2, 0) is 27.9 Å². The molecule has 0 aromatic rings. The molecule has 0 saturated carbocycles. The maximum Gasteiger partial charge on any atom is 0.472 e. The molecule has 4 N–H and O–H groups in total. The van der Waals surface area contributed by atoms with E-state index in [4.69, 9.17) is 24.3 Å². The second-order valence-electron chi connectivity index (χ2n) is 13.8. The third-order valence-corrected chi connectivity index (χ3v) is 9.59. The number of esters is 1. The number of hydrogen-bond donors (Lipinski definition) is 3. The molecule has 0 amide bonds. The van der Waals surface area contributed by atoms with Crippen molar-refractivity contribution in [2.75, 3.05) is 26.4 Å². The van der Waals surface area contributed by atoms with Crippen LogP contribution in [0.3, 0.4) is 0 Å². The van der Waals surface area contributed by atoms with Gasteiger partial charge in [0, 0.05) is 13.0 Å². The summed E-state index contributed by atoms with van der Waals surface area (Å²) in [6, 6.07) is 0. The van der Waals surface area contributed by atoms with E-state index in [1.807, 2.05) is 24.3 Å². The zero-order chi connectivity index (χ0) is 38.9. The van der Waals surface area contributed by atoms with E-state index in [2.05, 4.69) is 38.2 Å². The van der Waals surface area contributed by atoms with Crippen LogP contribution in [0, 0.1) is 0 Å². The molecule has 10 heteroatoms. The summed E-state index contributed by atoms with van der Waals surface area (Å²) in [6.07, 6.45) is 45.0. The van der Waals surface area contributed by atoms with Gasteiger partial charge in [0.2, 0.25) is 0 Å². The highest BCUT2D eigenvalue weighted by Crippen LogP contribution is 2.43. The van der Waals surface area contributed by atoms with Gasteiger partial charge < -0.3 is 25.2 Å². The number of aliphatic hydroxyl groups excluding tert-OH is 1. The van der Waals surface area contributed by atoms with Crippen molar-refractivity contribution in [3.63, 3.8) is 0 Å². The van der Waals surface area contributed by atoms with Crippen molar-refractivity contribution < 1.29 is 37.9 Å². The minimum Gasteiger partial charge on any atom is -0.498 e. The average molecular weight is 768 g/mol. The van der Waals surface area contributed by atoms with Crippen molar-refractivity contribution in [1.29, 1.82) is 0 Å². The fraction of sp³-hybridized carbons (Fsp3) is 0.744. The van der Waals surface area contributed by atoms with Gasteiger partial charge in [0.25, 0.3) is 0 Å². The van der Waals surface area contributed by atoms with Crippen LogP contribution in [0.2, 0.25) is 0 Å². The first kappa shape index (κ1) is 51.0. The second-order valence-corrected chi connectivity index (χ2v) is 15.2. The molecular weight excluding hydrogens is 689 g/mol. The maximum atomic E-state index is 12.6. The molecule has 3 atom stereocenters. The molecule has 0 aromatic heterocycles. The van der Waals surface area contributed by atoms with Crippen LogP contribution in [0.1, 0.15) is 168 Å². The average Bonchev–Trinajstić information content (AvgIpc) is 3.14. The van der Waals surface area contributed by atoms with Crippen molar-refractivity contribution >= 4 is 13.8 Å². The Hall–Kier alpha value is -2.00. The largest absolute Gasteiger partial charge is 0.498 e. The summed E-state index contributed by atoms with van der Waals surface area (Å²) in [4.78, 5) is 22.4. The molecule has 0 heterocycles. The molecule has 308 valence electrons. The van der Waals surface area contributed by atoms with Gasteiger partial charge in [-0.25, -0.2) is 4.57 Å². The SMILES string of the molecule is CCCCC/C=C\C/C=C\C/C=C\C=C\[C@H](O)CCCC(=O)O[C@H](CO/C=C/CCCCCCCCCCCCCCCC)COP(=O)(O)OCCN. The highest BCUT2D eigenvalue weighted by Gasteiger charge is 2.25. The quantitative estimate of drug-likeness (QED) is 0.0139. The van der Waals surface area contributed by atoms with Gasteiger partial charge in [-0.1, -0.05) is 159 Å². The van der Waals surface area contributed by atoms with E-state index >= 15 is 0 Å². The molecule has 0 aliphatic carbocycles. The smallest absolute Gasteiger partial charge is 0.472 e. The van der Waals surface area contributed by atoms with Crippen LogP contribution in [0.4, 0.5) is 0 Å². The minimum absolute atomic E-state index is 0.0412. The number of hydrogen-bond acceptors (Lipinski definition) is 8. The summed E-state index contributed by atoms with van der Waals surface area (Å²) in [5, 5.41) is 10.3. The number of ether oxygens (including phenoxy) is 2. The second kappa shape index (κ2) is 39.7. The highest BCUT2D eigenvalue weighted by atomic mass is 31.2. The van der Waals surface area contributed by atoms with Crippen molar-refractivity contribution in [2.45, 2.75) is 180 Å². The Kier molecular flexibility index (Phi) is 38.2. The van der Waals surface area contributed by atoms with Gasteiger partial charge in [0.05, 0.1) is 25.6 Å². The van der Waals surface area contributed by atoms with Crippen molar-refractivity contribution in [1.82, 2.24) is 0 Å². The molecular formula is C43H78NO8P. The summed E-state index contributed by atoms with van der Waals surface area (Å²) in [5.74, 6) is -0.511. The third kappa shape index (κ3) is 39.5. The standard InChI is InChI=1S/C43H78NO8P/c1-3-5-7-9-11-13-15-17-18-19-21-23-25-27-29-31-37-49-39-42(40-51-53(47,48)50-38-36-44)52-43(46)35-32-34-41(45)33-30-28-26-24-22-20-16-14-12-10-8-6-4-2/h12,14,20,22,26,28,30-31,33,37,41-42,45H,3-11,13,15-19,21,23-25,27,29,32,34-36,38-40,44H2,1-2H3,(H,47,48)/b14-12-,22-20-,28-26-,33-30+,37-31+/t41-,42+/m0/s1. The number of carbonyl (C=O) groups is 1. The van der Waals surface area contributed by atoms with E-state index in [9.17, 15) is 19.4 Å². The van der Waals surface area contributed by atoms with Crippen LogP contribution in [0.25, 0.3) is 0 Å². The number of phosphoric ester groups is 1. The lowest BCUT2D eigenvalue weighted by molar-refractivity contribution is -0.153. The number of aliphatic hydroxyl groups is 1. The van der Waals surface area contributed by atoms with Gasteiger partial charge >= 0.3 is 13.8 Å². The Labute approximate surface area is 324 Å². The third-order valence-electron chi connectivity index (χ3n) is 8.61. The molecule has 0 aliphatic rings. The summed E-state index contributed by atoms with van der Waals surface area (Å²) >= 11 is 0. The molecule has 1 unspecified atom stereocenters. The molecule has 0 fully saturated rings.